The lowest BCUT2D eigenvalue weighted by Crippen LogP contribution is -2.15. The molecule has 0 saturated carbocycles. The molecule has 0 aromatic heterocycles. The zero-order valence-corrected chi connectivity index (χ0v) is 6.23. The highest BCUT2D eigenvalue weighted by atomic mass is 127. The molecule has 0 aromatic rings. The number of carbonyl (C=O) groups is 2. The highest BCUT2D eigenvalue weighted by molar-refractivity contribution is 14.1. The Labute approximate surface area is 64.3 Å². The third kappa shape index (κ3) is 2.34. The molecule has 0 aliphatic carbocycles. The van der Waals surface area contributed by atoms with Crippen LogP contribution in [-0.2, 0) is 12.7 Å². The monoisotopic (exact) mass is 240 g/mol. The molecule has 0 saturated heterocycles. The molecule has 0 radical (unpaired) electrons. The standard InChI is InChI=1S/C3HIN2O3/c4-9-3(8)2(1-7)6-5/h1H. The molecule has 0 heterocycles. The molecule has 48 valence electrons. The summed E-state index contributed by atoms with van der Waals surface area (Å²) in [7, 11) is 0. The predicted molar refractivity (Wildman–Crippen MR) is 34.8 cm³/mol. The molecule has 0 fully saturated rings. The summed E-state index contributed by atoms with van der Waals surface area (Å²) in [5, 5.41) is 0. The van der Waals surface area contributed by atoms with Crippen LogP contribution in [0.1, 0.15) is 0 Å². The van der Waals surface area contributed by atoms with Crippen molar-refractivity contribution in [3.63, 3.8) is 0 Å². The molecule has 0 atom stereocenters. The molecule has 0 aliphatic rings. The normalized spacial score (nSPS) is 7.22. The van der Waals surface area contributed by atoms with Crippen molar-refractivity contribution in [2.75, 3.05) is 0 Å². The van der Waals surface area contributed by atoms with Crippen molar-refractivity contribution >= 4 is 41.0 Å². The van der Waals surface area contributed by atoms with Gasteiger partial charge in [0.05, 0.1) is 0 Å². The molecule has 6 heteroatoms. The number of rotatable bonds is 2. The average molecular weight is 240 g/mol. The van der Waals surface area contributed by atoms with Crippen LogP contribution in [0.2, 0.25) is 0 Å². The first kappa shape index (κ1) is 8.25. The summed E-state index contributed by atoms with van der Waals surface area (Å²) in [6.45, 7) is 0. The molecule has 0 aliphatic heterocycles. The Morgan fingerprint density at radius 2 is 2.33 bits per heavy atom. The van der Waals surface area contributed by atoms with Crippen molar-refractivity contribution in [1.82, 2.24) is 0 Å². The number of hydrogen-bond donors (Lipinski definition) is 0. The zero-order valence-electron chi connectivity index (χ0n) is 4.07. The zero-order chi connectivity index (χ0) is 7.28. The fraction of sp³-hybridized carbons (Fsp3) is 0. The third-order valence-corrected chi connectivity index (χ3v) is 0.899. The fourth-order valence-corrected chi connectivity index (χ4v) is 0.378. The number of nitrogens with zero attached hydrogens (tertiary/aromatic N) is 2. The quantitative estimate of drug-likeness (QED) is 0.167. The van der Waals surface area contributed by atoms with Crippen LogP contribution < -0.4 is 0 Å². The number of carbonyl (C=O) groups excluding carboxylic acids is 2. The van der Waals surface area contributed by atoms with Crippen molar-refractivity contribution in [2.45, 2.75) is 0 Å². The molecule has 0 aromatic carbocycles. The second-order valence-corrected chi connectivity index (χ2v) is 1.41. The van der Waals surface area contributed by atoms with Crippen LogP contribution in [-0.4, -0.2) is 22.8 Å². The van der Waals surface area contributed by atoms with E-state index < -0.39 is 11.7 Å². The molecule has 0 bridgehead atoms. The lowest BCUT2D eigenvalue weighted by atomic mass is 10.4. The average Bonchev–Trinajstić information content (AvgIpc) is 1.90. The van der Waals surface area contributed by atoms with Crippen molar-refractivity contribution in [3.05, 3.63) is 5.53 Å². The molecule has 0 rings (SSSR count). The Kier molecular flexibility index (Phi) is 3.81. The van der Waals surface area contributed by atoms with Gasteiger partial charge in [0.15, 0.2) is 23.0 Å². The Morgan fingerprint density at radius 3 is 2.44 bits per heavy atom. The van der Waals surface area contributed by atoms with E-state index in [1.165, 1.54) is 23.0 Å². The molecule has 0 amide bonds. The second kappa shape index (κ2) is 4.16. The Bertz CT molecular complexity index is 183. The van der Waals surface area contributed by atoms with E-state index in [1.54, 1.807) is 0 Å². The van der Waals surface area contributed by atoms with Gasteiger partial charge in [-0.2, -0.15) is 4.79 Å². The third-order valence-electron chi connectivity index (χ3n) is 0.499. The highest BCUT2D eigenvalue weighted by Crippen LogP contribution is 1.86. The van der Waals surface area contributed by atoms with Crippen LogP contribution in [0.3, 0.4) is 0 Å². The van der Waals surface area contributed by atoms with Gasteiger partial charge < -0.3 is 8.60 Å². The van der Waals surface area contributed by atoms with Crippen molar-refractivity contribution in [2.24, 2.45) is 0 Å². The SMILES string of the molecule is [N-]=[N+]=C(C=O)C(=O)OI. The van der Waals surface area contributed by atoms with Gasteiger partial charge in [-0.1, -0.05) is 0 Å². The van der Waals surface area contributed by atoms with E-state index in [4.69, 9.17) is 5.53 Å². The van der Waals surface area contributed by atoms with Crippen molar-refractivity contribution in [1.29, 1.82) is 0 Å². The molecule has 0 N–H and O–H groups in total. The summed E-state index contributed by atoms with van der Waals surface area (Å²) in [6.07, 6.45) is 0.0982. The van der Waals surface area contributed by atoms with Gasteiger partial charge >= 0.3 is 11.7 Å². The molecule has 9 heavy (non-hydrogen) atoms. The maximum Gasteiger partial charge on any atom is 0.439 e. The minimum atomic E-state index is -0.965. The lowest BCUT2D eigenvalue weighted by Gasteiger charge is -1.79. The smallest absolute Gasteiger partial charge is 0.386 e. The van der Waals surface area contributed by atoms with Gasteiger partial charge in [-0.3, -0.25) is 4.79 Å². The maximum atomic E-state index is 10.2. The minimum absolute atomic E-state index is 0.0982. The first-order valence-corrected chi connectivity index (χ1v) is 2.64. The Hall–Kier alpha value is -0.750. The Morgan fingerprint density at radius 1 is 1.78 bits per heavy atom. The van der Waals surface area contributed by atoms with E-state index in [1.807, 2.05) is 0 Å². The summed E-state index contributed by atoms with van der Waals surface area (Å²) < 4.78 is 4.00. The van der Waals surface area contributed by atoms with Crippen LogP contribution >= 0.6 is 23.0 Å². The van der Waals surface area contributed by atoms with Crippen molar-refractivity contribution in [3.8, 4) is 0 Å². The summed E-state index contributed by atoms with van der Waals surface area (Å²) in [5.41, 5.74) is 7.23. The van der Waals surface area contributed by atoms with Crippen molar-refractivity contribution < 1.29 is 17.4 Å². The molecular formula is C3HIN2O3. The fourth-order valence-electron chi connectivity index (χ4n) is 0.152. The molecule has 0 spiro atoms. The second-order valence-electron chi connectivity index (χ2n) is 0.968. The largest absolute Gasteiger partial charge is 0.439 e. The van der Waals surface area contributed by atoms with Crippen LogP contribution in [0.5, 0.6) is 0 Å². The molecule has 5 nitrogen and oxygen atoms in total. The van der Waals surface area contributed by atoms with Gasteiger partial charge in [0, 0.05) is 0 Å². The van der Waals surface area contributed by atoms with E-state index in [9.17, 15) is 9.59 Å². The first-order chi connectivity index (χ1) is 4.26. The van der Waals surface area contributed by atoms with Crippen LogP contribution in [0.25, 0.3) is 5.53 Å². The van der Waals surface area contributed by atoms with E-state index in [-0.39, 0.29) is 6.29 Å². The summed E-state index contributed by atoms with van der Waals surface area (Å²) in [4.78, 5) is 22.3. The number of hydrogen-bond acceptors (Lipinski definition) is 3. The van der Waals surface area contributed by atoms with Crippen LogP contribution in [0.4, 0.5) is 0 Å². The first-order valence-electron chi connectivity index (χ1n) is 1.76. The van der Waals surface area contributed by atoms with E-state index in [0.29, 0.717) is 0 Å². The highest BCUT2D eigenvalue weighted by Gasteiger charge is 2.19. The number of aldehydes is 1. The maximum absolute atomic E-state index is 10.2. The summed E-state index contributed by atoms with van der Waals surface area (Å²) >= 11 is 1.27. The van der Waals surface area contributed by atoms with Crippen LogP contribution in [0.15, 0.2) is 0 Å². The van der Waals surface area contributed by atoms with Gasteiger partial charge in [-0.25, -0.2) is 4.79 Å². The summed E-state index contributed by atoms with van der Waals surface area (Å²) in [6, 6.07) is 0. The van der Waals surface area contributed by atoms with E-state index in [0.717, 1.165) is 0 Å². The van der Waals surface area contributed by atoms with Gasteiger partial charge in [0.2, 0.25) is 6.29 Å². The van der Waals surface area contributed by atoms with Gasteiger partial charge in [0.25, 0.3) is 0 Å². The molecule has 0 unspecified atom stereocenters. The topological polar surface area (TPSA) is 79.8 Å². The van der Waals surface area contributed by atoms with E-state index in [2.05, 4.69) is 7.86 Å². The van der Waals surface area contributed by atoms with E-state index >= 15 is 0 Å². The van der Waals surface area contributed by atoms with Crippen LogP contribution in [0, 0.1) is 0 Å². The predicted octanol–water partition coefficient (Wildman–Crippen LogP) is -0.251. The van der Waals surface area contributed by atoms with Gasteiger partial charge in [-0.15, -0.1) is 0 Å². The van der Waals surface area contributed by atoms with Gasteiger partial charge in [-0.05, 0) is 0 Å². The molecular weight excluding hydrogens is 239 g/mol. The Balaban J connectivity index is 4.32. The van der Waals surface area contributed by atoms with Gasteiger partial charge in [0.1, 0.15) is 0 Å². The number of halogens is 1. The summed E-state index contributed by atoms with van der Waals surface area (Å²) in [5.74, 6) is -0.965. The minimum Gasteiger partial charge on any atom is -0.386 e. The lowest BCUT2D eigenvalue weighted by molar-refractivity contribution is -0.130.